The van der Waals surface area contributed by atoms with Crippen molar-refractivity contribution in [3.63, 3.8) is 0 Å². The summed E-state index contributed by atoms with van der Waals surface area (Å²) in [6.07, 6.45) is 73.6. The SMILES string of the molecule is CCCC/C=C\C/C=C\CCCCCCCC(=O)OCC(COC(OCC[N+](C)(C)C)C(=O)[O-])OC(=O)CCCCCCCCCCCCCCCCCCCCCCCCCCCCC/C=C\C/C=C\CCCCCCC. The van der Waals surface area contributed by atoms with Crippen LogP contribution in [-0.4, -0.2) is 82.3 Å². The van der Waals surface area contributed by atoms with Gasteiger partial charge < -0.3 is 33.3 Å². The molecule has 0 rings (SSSR count). The minimum absolute atomic E-state index is 0.146. The standard InChI is InChI=1S/C69H127NO8/c1-6-8-10-12-14-16-18-20-22-23-24-25-26-27-28-29-30-31-32-33-34-35-36-37-38-39-40-41-42-43-44-45-46-48-50-52-54-56-58-60-67(72)78-65(64-77-69(68(73)74)75-62-61-70(3,4)5)63-76-66(71)59-57-55-53-51-49-47-21-19-17-15-13-11-9-7-2/h13,15,18-21,23-24,65,69H,6-12,14,16-17,22,25-64H2,1-5H3/b15-13-,20-18-,21-19-,24-23-. The molecule has 0 bridgehead atoms. The Morgan fingerprint density at radius 1 is 0.385 bits per heavy atom. The van der Waals surface area contributed by atoms with Gasteiger partial charge in [0.1, 0.15) is 13.2 Å². The molecule has 0 radical (unpaired) electrons. The van der Waals surface area contributed by atoms with Crippen LogP contribution in [0.2, 0.25) is 0 Å². The van der Waals surface area contributed by atoms with Gasteiger partial charge in [0.05, 0.1) is 40.3 Å². The summed E-state index contributed by atoms with van der Waals surface area (Å²) in [6.45, 7) is 4.71. The molecule has 78 heavy (non-hydrogen) atoms. The number of aliphatic carboxylic acids is 1. The van der Waals surface area contributed by atoms with Crippen LogP contribution in [0.4, 0.5) is 0 Å². The van der Waals surface area contributed by atoms with E-state index in [1.807, 2.05) is 21.1 Å². The van der Waals surface area contributed by atoms with Crippen LogP contribution in [0, 0.1) is 0 Å². The molecule has 0 saturated heterocycles. The molecular weight excluding hydrogens is 971 g/mol. The molecule has 0 N–H and O–H groups in total. The highest BCUT2D eigenvalue weighted by Crippen LogP contribution is 2.18. The summed E-state index contributed by atoms with van der Waals surface area (Å²) in [7, 11) is 5.92. The molecule has 0 aliphatic carbocycles. The molecule has 2 atom stereocenters. The van der Waals surface area contributed by atoms with Crippen LogP contribution in [-0.2, 0) is 33.3 Å². The normalized spacial score (nSPS) is 13.0. The summed E-state index contributed by atoms with van der Waals surface area (Å²) in [5.74, 6) is -2.29. The highest BCUT2D eigenvalue weighted by Gasteiger charge is 2.22. The smallest absolute Gasteiger partial charge is 0.306 e. The molecule has 2 unspecified atom stereocenters. The Morgan fingerprint density at radius 3 is 1.05 bits per heavy atom. The Morgan fingerprint density at radius 2 is 0.705 bits per heavy atom. The predicted octanol–water partition coefficient (Wildman–Crippen LogP) is 18.9. The van der Waals surface area contributed by atoms with Gasteiger partial charge in [-0.05, 0) is 70.6 Å². The average Bonchev–Trinajstić information content (AvgIpc) is 3.41. The van der Waals surface area contributed by atoms with Crippen molar-refractivity contribution in [2.75, 3.05) is 47.5 Å². The number of esters is 2. The fourth-order valence-corrected chi connectivity index (χ4v) is 9.65. The van der Waals surface area contributed by atoms with E-state index in [1.165, 1.54) is 212 Å². The highest BCUT2D eigenvalue weighted by molar-refractivity contribution is 5.70. The van der Waals surface area contributed by atoms with E-state index < -0.39 is 24.3 Å². The molecule has 0 aromatic rings. The number of allylic oxidation sites excluding steroid dienone is 8. The Kier molecular flexibility index (Phi) is 58.2. The van der Waals surface area contributed by atoms with Crippen LogP contribution in [0.15, 0.2) is 48.6 Å². The van der Waals surface area contributed by atoms with Gasteiger partial charge in [0, 0.05) is 12.8 Å². The Bertz CT molecular complexity index is 1420. The van der Waals surface area contributed by atoms with Crippen LogP contribution in [0.3, 0.4) is 0 Å². The van der Waals surface area contributed by atoms with E-state index in [4.69, 9.17) is 18.9 Å². The summed E-state index contributed by atoms with van der Waals surface area (Å²) in [6, 6.07) is 0. The summed E-state index contributed by atoms with van der Waals surface area (Å²) in [4.78, 5) is 37.3. The van der Waals surface area contributed by atoms with Crippen LogP contribution in [0.1, 0.15) is 316 Å². The van der Waals surface area contributed by atoms with Gasteiger partial charge in [0.25, 0.3) is 0 Å². The molecule has 0 saturated carbocycles. The van der Waals surface area contributed by atoms with E-state index in [1.54, 1.807) is 0 Å². The molecule has 0 amide bonds. The van der Waals surface area contributed by atoms with Crippen LogP contribution >= 0.6 is 0 Å². The molecule has 0 fully saturated rings. The maximum atomic E-state index is 12.9. The molecular formula is C69H127NO8. The number of rotatable bonds is 62. The number of carbonyl (C=O) groups excluding carboxylic acids is 3. The second-order valence-electron chi connectivity index (χ2n) is 23.8. The maximum Gasteiger partial charge on any atom is 0.306 e. The molecule has 0 aromatic heterocycles. The number of quaternary nitrogens is 1. The lowest BCUT2D eigenvalue weighted by molar-refractivity contribution is -0.870. The number of hydrogen-bond acceptors (Lipinski definition) is 8. The van der Waals surface area contributed by atoms with Crippen molar-refractivity contribution in [1.29, 1.82) is 0 Å². The van der Waals surface area contributed by atoms with Crippen molar-refractivity contribution in [3.8, 4) is 0 Å². The van der Waals surface area contributed by atoms with Gasteiger partial charge in [-0.15, -0.1) is 0 Å². The maximum absolute atomic E-state index is 12.9. The molecule has 9 nitrogen and oxygen atoms in total. The Balaban J connectivity index is 3.93. The van der Waals surface area contributed by atoms with Crippen molar-refractivity contribution in [3.05, 3.63) is 48.6 Å². The Hall–Kier alpha value is -2.75. The zero-order valence-electron chi connectivity index (χ0n) is 52.0. The molecule has 0 spiro atoms. The van der Waals surface area contributed by atoms with Crippen molar-refractivity contribution >= 4 is 17.9 Å². The highest BCUT2D eigenvalue weighted by atomic mass is 16.7. The second kappa shape index (κ2) is 60.3. The third-order valence-electron chi connectivity index (χ3n) is 14.8. The van der Waals surface area contributed by atoms with Gasteiger partial charge in [0.2, 0.25) is 0 Å². The van der Waals surface area contributed by atoms with Crippen LogP contribution in [0.25, 0.3) is 0 Å². The fraction of sp³-hybridized carbons (Fsp3) is 0.841. The van der Waals surface area contributed by atoms with Crippen LogP contribution < -0.4 is 5.11 Å². The minimum Gasteiger partial charge on any atom is -0.545 e. The van der Waals surface area contributed by atoms with E-state index in [0.29, 0.717) is 17.4 Å². The summed E-state index contributed by atoms with van der Waals surface area (Å²) in [5.41, 5.74) is 0. The molecule has 0 heterocycles. The molecule has 456 valence electrons. The summed E-state index contributed by atoms with van der Waals surface area (Å²) < 4.78 is 22.7. The van der Waals surface area contributed by atoms with E-state index in [2.05, 4.69) is 62.5 Å². The second-order valence-corrected chi connectivity index (χ2v) is 23.8. The molecule has 9 heteroatoms. The summed E-state index contributed by atoms with van der Waals surface area (Å²) in [5, 5.41) is 11.8. The molecule has 0 aliphatic rings. The third-order valence-corrected chi connectivity index (χ3v) is 14.8. The van der Waals surface area contributed by atoms with Crippen molar-refractivity contribution < 1.29 is 42.9 Å². The van der Waals surface area contributed by atoms with Crippen molar-refractivity contribution in [2.45, 2.75) is 328 Å². The van der Waals surface area contributed by atoms with E-state index in [0.717, 1.165) is 70.6 Å². The minimum atomic E-state index is -1.62. The largest absolute Gasteiger partial charge is 0.545 e. The number of carboxylic acid groups (broad SMARTS) is 1. The van der Waals surface area contributed by atoms with E-state index >= 15 is 0 Å². The monoisotopic (exact) mass is 1100 g/mol. The first-order valence-corrected chi connectivity index (χ1v) is 33.3. The van der Waals surface area contributed by atoms with Gasteiger partial charge >= 0.3 is 11.9 Å². The predicted molar refractivity (Wildman–Crippen MR) is 329 cm³/mol. The number of carboxylic acids is 1. The Labute approximate surface area is 482 Å². The molecule has 0 aromatic carbocycles. The lowest BCUT2D eigenvalue weighted by atomic mass is 10.0. The van der Waals surface area contributed by atoms with Gasteiger partial charge in [-0.1, -0.05) is 281 Å². The van der Waals surface area contributed by atoms with Gasteiger partial charge in [0.15, 0.2) is 12.4 Å². The lowest BCUT2D eigenvalue weighted by Crippen LogP contribution is -2.44. The van der Waals surface area contributed by atoms with Gasteiger partial charge in [-0.2, -0.15) is 0 Å². The molecule has 0 aliphatic heterocycles. The van der Waals surface area contributed by atoms with Crippen molar-refractivity contribution in [1.82, 2.24) is 0 Å². The number of likely N-dealkylation sites (N-methyl/N-ethyl adjacent to an activating group) is 1. The number of carbonyl (C=O) groups is 3. The van der Waals surface area contributed by atoms with E-state index in [9.17, 15) is 19.5 Å². The zero-order chi connectivity index (χ0) is 56.9. The fourth-order valence-electron chi connectivity index (χ4n) is 9.65. The summed E-state index contributed by atoms with van der Waals surface area (Å²) >= 11 is 0. The van der Waals surface area contributed by atoms with Crippen molar-refractivity contribution in [2.24, 2.45) is 0 Å². The number of hydrogen-bond donors (Lipinski definition) is 0. The average molecular weight is 1100 g/mol. The zero-order valence-corrected chi connectivity index (χ0v) is 52.0. The van der Waals surface area contributed by atoms with Crippen LogP contribution in [0.5, 0.6) is 0 Å². The number of ether oxygens (including phenoxy) is 4. The quantitative estimate of drug-likeness (QED) is 0.0195. The first kappa shape index (κ1) is 75.2. The number of nitrogens with zero attached hydrogens (tertiary/aromatic N) is 1. The number of unbranched alkanes of at least 4 members (excludes halogenated alkanes) is 39. The lowest BCUT2D eigenvalue weighted by Gasteiger charge is -2.26. The van der Waals surface area contributed by atoms with Gasteiger partial charge in [-0.3, -0.25) is 9.59 Å². The first-order valence-electron chi connectivity index (χ1n) is 33.3. The topological polar surface area (TPSA) is 111 Å². The first-order chi connectivity index (χ1) is 38.1. The van der Waals surface area contributed by atoms with Gasteiger partial charge in [-0.25, -0.2) is 0 Å². The third kappa shape index (κ3) is 60.9. The van der Waals surface area contributed by atoms with E-state index in [-0.39, 0.29) is 38.6 Å².